The normalized spacial score (nSPS) is 15.1. The highest BCUT2D eigenvalue weighted by Gasteiger charge is 2.22. The van der Waals surface area contributed by atoms with Gasteiger partial charge in [-0.3, -0.25) is 9.59 Å². The Labute approximate surface area is 174 Å². The highest BCUT2D eigenvalue weighted by atomic mass is 16.5. The van der Waals surface area contributed by atoms with Crippen LogP contribution in [0.2, 0.25) is 0 Å². The SMILES string of the molecule is COc1cc2c(cc1OC)CC(=O)N(CC(=O)c1ccc3c(c1)OCCCO3)C=C2. The van der Waals surface area contributed by atoms with Crippen molar-refractivity contribution in [3.8, 4) is 23.0 Å². The monoisotopic (exact) mass is 409 g/mol. The Balaban J connectivity index is 1.53. The fraction of sp³-hybridized carbons (Fsp3) is 0.304. The Kier molecular flexibility index (Phi) is 5.61. The molecule has 1 amide bonds. The molecule has 7 heteroatoms. The van der Waals surface area contributed by atoms with Gasteiger partial charge in [0, 0.05) is 18.2 Å². The third-order valence-corrected chi connectivity index (χ3v) is 5.12. The predicted octanol–water partition coefficient (Wildman–Crippen LogP) is 3.10. The smallest absolute Gasteiger partial charge is 0.231 e. The van der Waals surface area contributed by atoms with Gasteiger partial charge in [0.2, 0.25) is 5.91 Å². The molecule has 156 valence electrons. The maximum absolute atomic E-state index is 12.9. The first kappa shape index (κ1) is 19.8. The summed E-state index contributed by atoms with van der Waals surface area (Å²) in [6, 6.07) is 8.74. The number of ketones is 1. The summed E-state index contributed by atoms with van der Waals surface area (Å²) in [5.41, 5.74) is 2.15. The number of benzene rings is 2. The van der Waals surface area contributed by atoms with Crippen LogP contribution in [0.15, 0.2) is 36.5 Å². The molecule has 4 rings (SSSR count). The van der Waals surface area contributed by atoms with Crippen molar-refractivity contribution in [1.82, 2.24) is 4.90 Å². The van der Waals surface area contributed by atoms with E-state index in [2.05, 4.69) is 0 Å². The van der Waals surface area contributed by atoms with Gasteiger partial charge in [-0.15, -0.1) is 0 Å². The van der Waals surface area contributed by atoms with Crippen molar-refractivity contribution in [2.45, 2.75) is 12.8 Å². The Bertz CT molecular complexity index is 1010. The number of amides is 1. The average molecular weight is 409 g/mol. The van der Waals surface area contributed by atoms with Crippen molar-refractivity contribution in [1.29, 1.82) is 0 Å². The van der Waals surface area contributed by atoms with E-state index in [4.69, 9.17) is 18.9 Å². The molecule has 0 unspecified atom stereocenters. The molecule has 0 bridgehead atoms. The van der Waals surface area contributed by atoms with Crippen LogP contribution in [0, 0.1) is 0 Å². The molecule has 7 nitrogen and oxygen atoms in total. The minimum atomic E-state index is -0.176. The van der Waals surface area contributed by atoms with E-state index < -0.39 is 0 Å². The summed E-state index contributed by atoms with van der Waals surface area (Å²) in [4.78, 5) is 27.1. The molecular weight excluding hydrogens is 386 g/mol. The van der Waals surface area contributed by atoms with Crippen LogP contribution >= 0.6 is 0 Å². The molecule has 0 aliphatic carbocycles. The number of Topliss-reactive ketones (excluding diaryl/α,β-unsaturated/α-hetero) is 1. The molecule has 0 N–H and O–H groups in total. The summed E-state index contributed by atoms with van der Waals surface area (Å²) in [6.07, 6.45) is 4.41. The van der Waals surface area contributed by atoms with Gasteiger partial charge in [-0.1, -0.05) is 0 Å². The van der Waals surface area contributed by atoms with Crippen LogP contribution in [0.4, 0.5) is 0 Å². The van der Waals surface area contributed by atoms with Crippen molar-refractivity contribution < 1.29 is 28.5 Å². The number of carbonyl (C=O) groups excluding carboxylic acids is 2. The standard InChI is InChI=1S/C23H23NO6/c1-27-20-10-15-6-7-24(23(26)13-17(15)12-21(20)28-2)14-18(25)16-4-5-19-22(11-16)30-9-3-8-29-19/h4-7,10-12H,3,8-9,13-14H2,1-2H3. The van der Waals surface area contributed by atoms with Gasteiger partial charge in [-0.05, 0) is 47.5 Å². The number of nitrogens with zero attached hydrogens (tertiary/aromatic N) is 1. The average Bonchev–Trinajstić information content (AvgIpc) is 3.08. The summed E-state index contributed by atoms with van der Waals surface area (Å²) in [5.74, 6) is 2.00. The van der Waals surface area contributed by atoms with Crippen LogP contribution in [-0.4, -0.2) is 50.6 Å². The molecule has 0 saturated heterocycles. The Morgan fingerprint density at radius 1 is 1.03 bits per heavy atom. The Morgan fingerprint density at radius 2 is 1.77 bits per heavy atom. The van der Waals surface area contributed by atoms with Gasteiger partial charge in [-0.25, -0.2) is 0 Å². The van der Waals surface area contributed by atoms with Crippen LogP contribution in [0.1, 0.15) is 27.9 Å². The third kappa shape index (κ3) is 3.96. The maximum Gasteiger partial charge on any atom is 0.231 e. The van der Waals surface area contributed by atoms with Crippen LogP contribution in [0.5, 0.6) is 23.0 Å². The minimum Gasteiger partial charge on any atom is -0.493 e. The van der Waals surface area contributed by atoms with Gasteiger partial charge in [0.15, 0.2) is 28.8 Å². The second kappa shape index (κ2) is 8.49. The van der Waals surface area contributed by atoms with E-state index in [-0.39, 0.29) is 24.7 Å². The van der Waals surface area contributed by atoms with E-state index >= 15 is 0 Å². The highest BCUT2D eigenvalue weighted by Crippen LogP contribution is 2.33. The fourth-order valence-corrected chi connectivity index (χ4v) is 3.49. The topological polar surface area (TPSA) is 74.3 Å². The summed E-state index contributed by atoms with van der Waals surface area (Å²) < 4.78 is 21.9. The van der Waals surface area contributed by atoms with Crippen LogP contribution in [0.3, 0.4) is 0 Å². The summed E-state index contributed by atoms with van der Waals surface area (Å²) in [5, 5.41) is 0. The molecule has 0 aromatic heterocycles. The zero-order valence-electron chi connectivity index (χ0n) is 17.0. The number of rotatable bonds is 5. The van der Waals surface area contributed by atoms with Crippen LogP contribution < -0.4 is 18.9 Å². The zero-order valence-corrected chi connectivity index (χ0v) is 17.0. The summed E-state index contributed by atoms with van der Waals surface area (Å²) >= 11 is 0. The molecular formula is C23H23NO6. The van der Waals surface area contributed by atoms with Crippen molar-refractivity contribution >= 4 is 17.8 Å². The molecule has 0 spiro atoms. The number of hydrogen-bond donors (Lipinski definition) is 0. The first-order chi connectivity index (χ1) is 14.6. The minimum absolute atomic E-state index is 0.0583. The molecule has 0 fully saturated rings. The third-order valence-electron chi connectivity index (χ3n) is 5.12. The lowest BCUT2D eigenvalue weighted by Gasteiger charge is -2.17. The van der Waals surface area contributed by atoms with E-state index in [1.54, 1.807) is 44.7 Å². The molecule has 2 aliphatic rings. The molecule has 2 aromatic carbocycles. The summed E-state index contributed by atoms with van der Waals surface area (Å²) in [6.45, 7) is 1.07. The van der Waals surface area contributed by atoms with E-state index in [9.17, 15) is 9.59 Å². The fourth-order valence-electron chi connectivity index (χ4n) is 3.49. The van der Waals surface area contributed by atoms with Crippen molar-refractivity contribution in [2.24, 2.45) is 0 Å². The van der Waals surface area contributed by atoms with Gasteiger partial charge < -0.3 is 23.8 Å². The quantitative estimate of drug-likeness (QED) is 0.707. The van der Waals surface area contributed by atoms with E-state index in [1.165, 1.54) is 4.90 Å². The molecule has 0 atom stereocenters. The lowest BCUT2D eigenvalue weighted by atomic mass is 10.0. The highest BCUT2D eigenvalue weighted by molar-refractivity contribution is 6.00. The van der Waals surface area contributed by atoms with Gasteiger partial charge in [0.05, 0.1) is 40.4 Å². The van der Waals surface area contributed by atoms with E-state index in [0.29, 0.717) is 41.8 Å². The lowest BCUT2D eigenvalue weighted by molar-refractivity contribution is -0.127. The molecule has 2 aromatic rings. The van der Waals surface area contributed by atoms with Crippen molar-refractivity contribution in [3.05, 3.63) is 53.2 Å². The second-order valence-electron chi connectivity index (χ2n) is 7.06. The van der Waals surface area contributed by atoms with Crippen LogP contribution in [-0.2, 0) is 11.2 Å². The summed E-state index contributed by atoms with van der Waals surface area (Å²) in [7, 11) is 3.12. The Morgan fingerprint density at radius 3 is 2.53 bits per heavy atom. The maximum atomic E-state index is 12.9. The number of carbonyl (C=O) groups is 2. The molecule has 0 radical (unpaired) electrons. The van der Waals surface area contributed by atoms with E-state index in [1.807, 2.05) is 12.1 Å². The van der Waals surface area contributed by atoms with Gasteiger partial charge in [0.1, 0.15) is 0 Å². The van der Waals surface area contributed by atoms with Gasteiger partial charge in [0.25, 0.3) is 0 Å². The zero-order chi connectivity index (χ0) is 21.1. The first-order valence-corrected chi connectivity index (χ1v) is 9.74. The van der Waals surface area contributed by atoms with Crippen molar-refractivity contribution in [3.63, 3.8) is 0 Å². The number of fused-ring (bicyclic) bond motifs is 2. The lowest BCUT2D eigenvalue weighted by Crippen LogP contribution is -2.31. The number of ether oxygens (including phenoxy) is 4. The Hall–Kier alpha value is -3.48. The van der Waals surface area contributed by atoms with Gasteiger partial charge in [-0.2, -0.15) is 0 Å². The predicted molar refractivity (Wildman–Crippen MR) is 110 cm³/mol. The molecule has 0 saturated carbocycles. The number of hydrogen-bond acceptors (Lipinski definition) is 6. The van der Waals surface area contributed by atoms with Crippen molar-refractivity contribution in [2.75, 3.05) is 34.0 Å². The first-order valence-electron chi connectivity index (χ1n) is 9.74. The molecule has 30 heavy (non-hydrogen) atoms. The molecule has 2 aliphatic heterocycles. The van der Waals surface area contributed by atoms with Gasteiger partial charge >= 0.3 is 0 Å². The molecule has 2 heterocycles. The largest absolute Gasteiger partial charge is 0.493 e. The number of methoxy groups -OCH3 is 2. The van der Waals surface area contributed by atoms with Crippen LogP contribution in [0.25, 0.3) is 6.08 Å². The van der Waals surface area contributed by atoms with E-state index in [0.717, 1.165) is 17.5 Å². The second-order valence-corrected chi connectivity index (χ2v) is 7.06.